The molecule has 0 atom stereocenters. The highest BCUT2D eigenvalue weighted by Crippen LogP contribution is 2.25. The molecule has 1 N–H and O–H groups in total. The van der Waals surface area contributed by atoms with Crippen molar-refractivity contribution < 1.29 is 19.1 Å². The van der Waals surface area contributed by atoms with Crippen LogP contribution in [0.3, 0.4) is 0 Å². The average molecular weight is 249 g/mol. The number of carbonyl (C=O) groups excluding carboxylic acids is 2. The second kappa shape index (κ2) is 5.53. The van der Waals surface area contributed by atoms with Gasteiger partial charge in [0.1, 0.15) is 12.3 Å². The Balaban J connectivity index is 1.89. The van der Waals surface area contributed by atoms with Crippen molar-refractivity contribution in [2.45, 2.75) is 12.8 Å². The number of esters is 1. The molecule has 1 amide bonds. The summed E-state index contributed by atoms with van der Waals surface area (Å²) in [6.07, 6.45) is 1.14. The Labute approximate surface area is 105 Å². The molecule has 96 valence electrons. The molecule has 0 saturated carbocycles. The lowest BCUT2D eigenvalue weighted by Crippen LogP contribution is -2.31. The molecule has 1 aromatic carbocycles. The zero-order chi connectivity index (χ0) is 13.0. The first kappa shape index (κ1) is 12.4. The topological polar surface area (TPSA) is 64.6 Å². The largest absolute Gasteiger partial charge is 0.493 e. The number of amides is 1. The van der Waals surface area contributed by atoms with Crippen molar-refractivity contribution in [3.63, 3.8) is 0 Å². The van der Waals surface area contributed by atoms with E-state index in [1.54, 1.807) is 0 Å². The van der Waals surface area contributed by atoms with Crippen LogP contribution in [0.25, 0.3) is 0 Å². The van der Waals surface area contributed by atoms with Gasteiger partial charge in [-0.3, -0.25) is 9.59 Å². The van der Waals surface area contributed by atoms with Crippen molar-refractivity contribution >= 4 is 11.9 Å². The molecule has 1 aliphatic heterocycles. The number of hydrogen-bond acceptors (Lipinski definition) is 4. The van der Waals surface area contributed by atoms with Crippen LogP contribution in [0.15, 0.2) is 18.2 Å². The second-order valence-electron chi connectivity index (χ2n) is 4.07. The number of hydrogen-bond donors (Lipinski definition) is 1. The molecule has 5 heteroatoms. The summed E-state index contributed by atoms with van der Waals surface area (Å²) in [6.45, 7) is 0.608. The Kier molecular flexibility index (Phi) is 3.82. The first-order valence-corrected chi connectivity index (χ1v) is 5.77. The molecule has 0 unspecified atom stereocenters. The van der Waals surface area contributed by atoms with Crippen LogP contribution in [0.1, 0.15) is 11.1 Å². The Morgan fingerprint density at radius 2 is 2.28 bits per heavy atom. The molecule has 0 aromatic heterocycles. The van der Waals surface area contributed by atoms with Crippen molar-refractivity contribution in [1.82, 2.24) is 5.32 Å². The van der Waals surface area contributed by atoms with Gasteiger partial charge in [-0.1, -0.05) is 12.1 Å². The van der Waals surface area contributed by atoms with E-state index >= 15 is 0 Å². The van der Waals surface area contributed by atoms with Crippen LogP contribution in [0.2, 0.25) is 0 Å². The van der Waals surface area contributed by atoms with Crippen molar-refractivity contribution in [3.05, 3.63) is 29.3 Å². The highest BCUT2D eigenvalue weighted by molar-refractivity contribution is 5.83. The third-order valence-electron chi connectivity index (χ3n) is 2.78. The number of rotatable bonds is 4. The summed E-state index contributed by atoms with van der Waals surface area (Å²) in [5.41, 5.74) is 2.05. The first-order valence-electron chi connectivity index (χ1n) is 5.77. The highest BCUT2D eigenvalue weighted by Gasteiger charge is 2.13. The lowest BCUT2D eigenvalue weighted by molar-refractivity contribution is -0.141. The van der Waals surface area contributed by atoms with E-state index in [0.29, 0.717) is 6.61 Å². The van der Waals surface area contributed by atoms with Gasteiger partial charge >= 0.3 is 5.97 Å². The molecule has 18 heavy (non-hydrogen) atoms. The predicted molar refractivity (Wildman–Crippen MR) is 64.4 cm³/mol. The second-order valence-corrected chi connectivity index (χ2v) is 4.07. The Hall–Kier alpha value is -2.04. The zero-order valence-corrected chi connectivity index (χ0v) is 10.2. The molecular formula is C13H15NO4. The van der Waals surface area contributed by atoms with Crippen LogP contribution in [0.4, 0.5) is 0 Å². The Bertz CT molecular complexity index is 470. The summed E-state index contributed by atoms with van der Waals surface area (Å²) in [5.74, 6) is 0.249. The average Bonchev–Trinajstić information content (AvgIpc) is 2.83. The van der Waals surface area contributed by atoms with Gasteiger partial charge in [-0.25, -0.2) is 0 Å². The Morgan fingerprint density at radius 1 is 1.44 bits per heavy atom. The molecule has 0 radical (unpaired) electrons. The summed E-state index contributed by atoms with van der Waals surface area (Å²) in [7, 11) is 1.29. The van der Waals surface area contributed by atoms with Crippen molar-refractivity contribution in [1.29, 1.82) is 0 Å². The van der Waals surface area contributed by atoms with Crippen LogP contribution in [-0.4, -0.2) is 32.1 Å². The molecule has 0 spiro atoms. The number of benzene rings is 1. The predicted octanol–water partition coefficient (Wildman–Crippen LogP) is 0.453. The molecule has 1 aromatic rings. The standard InChI is InChI=1S/C13H15NO4/c1-17-13(16)8-14-12(15)7-9-2-3-11-10(6-9)4-5-18-11/h2-3,6H,4-5,7-8H2,1H3,(H,14,15). The molecule has 1 aliphatic rings. The fourth-order valence-electron chi connectivity index (χ4n) is 1.84. The highest BCUT2D eigenvalue weighted by atomic mass is 16.5. The van der Waals surface area contributed by atoms with Crippen LogP contribution >= 0.6 is 0 Å². The number of ether oxygens (including phenoxy) is 2. The monoisotopic (exact) mass is 249 g/mol. The smallest absolute Gasteiger partial charge is 0.325 e. The minimum Gasteiger partial charge on any atom is -0.493 e. The van der Waals surface area contributed by atoms with E-state index in [-0.39, 0.29) is 18.9 Å². The fraction of sp³-hybridized carbons (Fsp3) is 0.385. The minimum absolute atomic E-state index is 0.0939. The third kappa shape index (κ3) is 3.00. The van der Waals surface area contributed by atoms with E-state index in [9.17, 15) is 9.59 Å². The van der Waals surface area contributed by atoms with E-state index in [1.165, 1.54) is 7.11 Å². The lowest BCUT2D eigenvalue weighted by Gasteiger charge is -2.05. The van der Waals surface area contributed by atoms with E-state index < -0.39 is 5.97 Å². The molecule has 2 rings (SSSR count). The van der Waals surface area contributed by atoms with Gasteiger partial charge in [0.05, 0.1) is 20.1 Å². The fourth-order valence-corrected chi connectivity index (χ4v) is 1.84. The van der Waals surface area contributed by atoms with Gasteiger partial charge in [0, 0.05) is 6.42 Å². The normalized spacial score (nSPS) is 12.5. The SMILES string of the molecule is COC(=O)CNC(=O)Cc1ccc2c(c1)CCO2. The van der Waals surface area contributed by atoms with Crippen LogP contribution in [0, 0.1) is 0 Å². The molecule has 1 heterocycles. The number of carbonyl (C=O) groups is 2. The van der Waals surface area contributed by atoms with E-state index in [1.807, 2.05) is 18.2 Å². The van der Waals surface area contributed by atoms with Crippen LogP contribution < -0.4 is 10.1 Å². The van der Waals surface area contributed by atoms with E-state index in [2.05, 4.69) is 10.1 Å². The van der Waals surface area contributed by atoms with E-state index in [4.69, 9.17) is 4.74 Å². The van der Waals surface area contributed by atoms with Gasteiger partial charge in [-0.15, -0.1) is 0 Å². The Morgan fingerprint density at radius 3 is 3.06 bits per heavy atom. The number of fused-ring (bicyclic) bond motifs is 1. The van der Waals surface area contributed by atoms with Crippen LogP contribution in [-0.2, 0) is 27.2 Å². The summed E-state index contributed by atoms with van der Waals surface area (Å²) in [5, 5.41) is 2.50. The quantitative estimate of drug-likeness (QED) is 0.787. The van der Waals surface area contributed by atoms with Gasteiger partial charge < -0.3 is 14.8 Å². The molecule has 0 bridgehead atoms. The summed E-state index contributed by atoms with van der Waals surface area (Å²) >= 11 is 0. The van der Waals surface area contributed by atoms with Crippen molar-refractivity contribution in [2.75, 3.05) is 20.3 Å². The van der Waals surface area contributed by atoms with Gasteiger partial charge in [-0.2, -0.15) is 0 Å². The number of methoxy groups -OCH3 is 1. The summed E-state index contributed by atoms with van der Waals surface area (Å²) in [6, 6.07) is 5.72. The lowest BCUT2D eigenvalue weighted by atomic mass is 10.1. The summed E-state index contributed by atoms with van der Waals surface area (Å²) < 4.78 is 9.83. The molecule has 0 fully saturated rings. The van der Waals surface area contributed by atoms with Crippen molar-refractivity contribution in [2.24, 2.45) is 0 Å². The van der Waals surface area contributed by atoms with Gasteiger partial charge in [0.15, 0.2) is 0 Å². The zero-order valence-electron chi connectivity index (χ0n) is 10.2. The third-order valence-corrected chi connectivity index (χ3v) is 2.78. The van der Waals surface area contributed by atoms with Gasteiger partial charge in [0.2, 0.25) is 5.91 Å². The molecule has 5 nitrogen and oxygen atoms in total. The molecule has 0 saturated heterocycles. The first-order chi connectivity index (χ1) is 8.69. The minimum atomic E-state index is -0.453. The molecular weight excluding hydrogens is 234 g/mol. The van der Waals surface area contributed by atoms with E-state index in [0.717, 1.165) is 23.3 Å². The maximum absolute atomic E-state index is 11.6. The molecule has 0 aliphatic carbocycles. The summed E-state index contributed by atoms with van der Waals surface area (Å²) in [4.78, 5) is 22.5. The maximum atomic E-state index is 11.6. The number of nitrogens with one attached hydrogen (secondary N) is 1. The maximum Gasteiger partial charge on any atom is 0.325 e. The van der Waals surface area contributed by atoms with Crippen molar-refractivity contribution in [3.8, 4) is 5.75 Å². The van der Waals surface area contributed by atoms with Gasteiger partial charge in [0.25, 0.3) is 0 Å². The van der Waals surface area contributed by atoms with Crippen LogP contribution in [0.5, 0.6) is 5.75 Å². The van der Waals surface area contributed by atoms with Gasteiger partial charge in [-0.05, 0) is 17.2 Å².